The zero-order valence-electron chi connectivity index (χ0n) is 13.4. The van der Waals surface area contributed by atoms with Gasteiger partial charge in [-0.15, -0.1) is 0 Å². The van der Waals surface area contributed by atoms with E-state index in [0.717, 1.165) is 22.0 Å². The van der Waals surface area contributed by atoms with Crippen LogP contribution in [0.3, 0.4) is 0 Å². The van der Waals surface area contributed by atoms with Crippen LogP contribution in [0.25, 0.3) is 0 Å². The van der Waals surface area contributed by atoms with Gasteiger partial charge in [-0.05, 0) is 48.4 Å². The Morgan fingerprint density at radius 1 is 1.12 bits per heavy atom. The molecule has 0 spiro atoms. The van der Waals surface area contributed by atoms with E-state index in [1.54, 1.807) is 18.2 Å². The molecule has 0 bridgehead atoms. The Labute approximate surface area is 166 Å². The van der Waals surface area contributed by atoms with Gasteiger partial charge >= 0.3 is 0 Å². The lowest BCUT2D eigenvalue weighted by atomic mass is 9.97. The maximum Gasteiger partial charge on any atom is 0.264 e. The third-order valence-electron chi connectivity index (χ3n) is 3.43. The summed E-state index contributed by atoms with van der Waals surface area (Å²) in [6.07, 6.45) is 1.55. The van der Waals surface area contributed by atoms with Crippen molar-refractivity contribution in [1.29, 1.82) is 0 Å². The molecular formula is C17H17BrCl2O4S. The lowest BCUT2D eigenvalue weighted by Crippen LogP contribution is -2.15. The molecule has 0 aliphatic rings. The minimum absolute atomic E-state index is 0.0100. The number of benzene rings is 2. The van der Waals surface area contributed by atoms with Gasteiger partial charge in [-0.1, -0.05) is 45.2 Å². The molecule has 2 aromatic carbocycles. The number of ether oxygens (including phenoxy) is 1. The summed E-state index contributed by atoms with van der Waals surface area (Å²) < 4.78 is 34.3. The third kappa shape index (κ3) is 7.15. The van der Waals surface area contributed by atoms with Crippen molar-refractivity contribution in [2.24, 2.45) is 0 Å². The van der Waals surface area contributed by atoms with E-state index < -0.39 is 10.1 Å². The van der Waals surface area contributed by atoms with Crippen molar-refractivity contribution in [3.63, 3.8) is 0 Å². The van der Waals surface area contributed by atoms with Crippen LogP contribution >= 0.6 is 39.1 Å². The lowest BCUT2D eigenvalue weighted by molar-refractivity contribution is 0.248. The van der Waals surface area contributed by atoms with Crippen LogP contribution in [-0.2, 0) is 14.3 Å². The first-order valence-electron chi connectivity index (χ1n) is 7.42. The van der Waals surface area contributed by atoms with Crippen LogP contribution in [0, 0.1) is 0 Å². The van der Waals surface area contributed by atoms with Crippen molar-refractivity contribution in [3.8, 4) is 5.75 Å². The van der Waals surface area contributed by atoms with E-state index in [0.29, 0.717) is 23.1 Å². The van der Waals surface area contributed by atoms with E-state index in [1.165, 1.54) is 0 Å². The molecule has 0 unspecified atom stereocenters. The Hall–Kier alpha value is -0.790. The van der Waals surface area contributed by atoms with E-state index in [-0.39, 0.29) is 12.5 Å². The molecule has 25 heavy (non-hydrogen) atoms. The van der Waals surface area contributed by atoms with Gasteiger partial charge in [-0.3, -0.25) is 4.18 Å². The average molecular weight is 468 g/mol. The van der Waals surface area contributed by atoms with Crippen molar-refractivity contribution < 1.29 is 17.3 Å². The summed E-state index contributed by atoms with van der Waals surface area (Å²) in [5.74, 6) is 0.489. The molecule has 0 saturated carbocycles. The van der Waals surface area contributed by atoms with Crippen LogP contribution in [0.15, 0.2) is 46.9 Å². The van der Waals surface area contributed by atoms with Crippen LogP contribution < -0.4 is 4.74 Å². The minimum Gasteiger partial charge on any atom is -0.494 e. The van der Waals surface area contributed by atoms with Crippen LogP contribution in [0.2, 0.25) is 10.0 Å². The summed E-state index contributed by atoms with van der Waals surface area (Å²) in [5, 5.41) is 0.987. The Kier molecular flexibility index (Phi) is 7.58. The first-order chi connectivity index (χ1) is 11.7. The molecule has 1 atom stereocenters. The fraction of sp³-hybridized carbons (Fsp3) is 0.294. The van der Waals surface area contributed by atoms with Crippen LogP contribution in [0.5, 0.6) is 5.75 Å². The largest absolute Gasteiger partial charge is 0.494 e. The van der Waals surface area contributed by atoms with Gasteiger partial charge in [0.2, 0.25) is 0 Å². The van der Waals surface area contributed by atoms with Crippen LogP contribution in [0.1, 0.15) is 17.9 Å². The highest BCUT2D eigenvalue weighted by Gasteiger charge is 2.18. The van der Waals surface area contributed by atoms with Gasteiger partial charge in [0.25, 0.3) is 10.1 Å². The maximum atomic E-state index is 11.3. The van der Waals surface area contributed by atoms with Gasteiger partial charge in [-0.2, -0.15) is 8.42 Å². The molecule has 0 aliphatic carbocycles. The van der Waals surface area contributed by atoms with Crippen molar-refractivity contribution in [3.05, 3.63) is 62.5 Å². The summed E-state index contributed by atoms with van der Waals surface area (Å²) in [4.78, 5) is 0. The normalized spacial score (nSPS) is 12.8. The summed E-state index contributed by atoms with van der Waals surface area (Å²) in [7, 11) is -3.55. The first-order valence-corrected chi connectivity index (χ1v) is 10.8. The number of hydrogen-bond acceptors (Lipinski definition) is 4. The van der Waals surface area contributed by atoms with E-state index in [1.807, 2.05) is 24.3 Å². The second-order valence-corrected chi connectivity index (χ2v) is 8.85. The Bertz CT molecular complexity index is 810. The molecular weight excluding hydrogens is 451 g/mol. The molecule has 4 nitrogen and oxygen atoms in total. The van der Waals surface area contributed by atoms with Gasteiger partial charge in [0.05, 0.1) is 19.5 Å². The van der Waals surface area contributed by atoms with Crippen molar-refractivity contribution in [1.82, 2.24) is 0 Å². The lowest BCUT2D eigenvalue weighted by Gasteiger charge is -2.19. The van der Waals surface area contributed by atoms with E-state index >= 15 is 0 Å². The van der Waals surface area contributed by atoms with E-state index in [4.69, 9.17) is 32.1 Å². The fourth-order valence-electron chi connectivity index (χ4n) is 2.22. The second-order valence-electron chi connectivity index (χ2n) is 5.44. The number of rotatable bonds is 8. The SMILES string of the molecule is CS(=O)(=O)OC[C@@H](CCOc1ccc(Br)cc1)c1ccc(Cl)cc1Cl. The van der Waals surface area contributed by atoms with Crippen molar-refractivity contribution in [2.75, 3.05) is 19.5 Å². The van der Waals surface area contributed by atoms with Crippen molar-refractivity contribution >= 4 is 49.2 Å². The molecule has 0 fully saturated rings. The van der Waals surface area contributed by atoms with Crippen molar-refractivity contribution in [2.45, 2.75) is 12.3 Å². The molecule has 2 aromatic rings. The standard InChI is InChI=1S/C17H17BrCl2O4S/c1-25(21,22)24-11-12(16-7-4-14(19)10-17(16)20)8-9-23-15-5-2-13(18)3-6-15/h2-7,10,12H,8-9,11H2,1H3/t12-/m1/s1. The average Bonchev–Trinajstić information content (AvgIpc) is 2.52. The van der Waals surface area contributed by atoms with Gasteiger partial charge < -0.3 is 4.74 Å². The highest BCUT2D eigenvalue weighted by molar-refractivity contribution is 9.10. The highest BCUT2D eigenvalue weighted by atomic mass is 79.9. The molecule has 0 radical (unpaired) electrons. The fourth-order valence-corrected chi connectivity index (χ4v) is 3.46. The van der Waals surface area contributed by atoms with Gasteiger partial charge in [0.15, 0.2) is 0 Å². The van der Waals surface area contributed by atoms with Gasteiger partial charge in [-0.25, -0.2) is 0 Å². The summed E-state index contributed by atoms with van der Waals surface area (Å²) in [6.45, 7) is 0.377. The molecule has 0 amide bonds. The highest BCUT2D eigenvalue weighted by Crippen LogP contribution is 2.30. The molecule has 0 N–H and O–H groups in total. The molecule has 2 rings (SSSR count). The number of halogens is 3. The monoisotopic (exact) mass is 466 g/mol. The first kappa shape index (κ1) is 20.5. The number of hydrogen-bond donors (Lipinski definition) is 0. The Morgan fingerprint density at radius 2 is 1.80 bits per heavy atom. The maximum absolute atomic E-state index is 11.3. The zero-order chi connectivity index (χ0) is 18.4. The summed E-state index contributed by atoms with van der Waals surface area (Å²) in [5.41, 5.74) is 0.772. The van der Waals surface area contributed by atoms with Gasteiger partial charge in [0, 0.05) is 20.4 Å². The van der Waals surface area contributed by atoms with Crippen LogP contribution in [-0.4, -0.2) is 27.9 Å². The molecule has 0 aliphatic heterocycles. The predicted molar refractivity (Wildman–Crippen MR) is 104 cm³/mol. The summed E-state index contributed by atoms with van der Waals surface area (Å²) >= 11 is 15.5. The Balaban J connectivity index is 2.06. The molecule has 8 heteroatoms. The molecule has 0 heterocycles. The van der Waals surface area contributed by atoms with E-state index in [9.17, 15) is 8.42 Å². The van der Waals surface area contributed by atoms with Crippen LogP contribution in [0.4, 0.5) is 0 Å². The zero-order valence-corrected chi connectivity index (χ0v) is 17.3. The minimum atomic E-state index is -3.55. The molecule has 136 valence electrons. The quantitative estimate of drug-likeness (QED) is 0.495. The van der Waals surface area contributed by atoms with Gasteiger partial charge in [0.1, 0.15) is 5.75 Å². The third-order valence-corrected chi connectivity index (χ3v) is 5.09. The smallest absolute Gasteiger partial charge is 0.264 e. The molecule has 0 saturated heterocycles. The molecule has 0 aromatic heterocycles. The Morgan fingerprint density at radius 3 is 2.40 bits per heavy atom. The van der Waals surface area contributed by atoms with E-state index in [2.05, 4.69) is 15.9 Å². The second kappa shape index (κ2) is 9.24. The predicted octanol–water partition coefficient (Wildman–Crippen LogP) is 5.28. The summed E-state index contributed by atoms with van der Waals surface area (Å²) in [6, 6.07) is 12.6. The topological polar surface area (TPSA) is 52.6 Å².